The molecule has 0 unspecified atom stereocenters. The van der Waals surface area contributed by atoms with Crippen LogP contribution in [0.1, 0.15) is 12.5 Å². The maximum atomic E-state index is 11.6. The Bertz CT molecular complexity index is 862. The molecule has 3 N–H and O–H groups in total. The van der Waals surface area contributed by atoms with Crippen LogP contribution in [0.2, 0.25) is 0 Å². The van der Waals surface area contributed by atoms with Crippen molar-refractivity contribution in [1.82, 2.24) is 9.97 Å². The van der Waals surface area contributed by atoms with Crippen LogP contribution in [-0.4, -0.2) is 20.9 Å². The van der Waals surface area contributed by atoms with Crippen LogP contribution in [0.4, 0.5) is 5.69 Å². The minimum atomic E-state index is -0.755. The predicted molar refractivity (Wildman–Crippen MR) is 78.9 cm³/mol. The van der Waals surface area contributed by atoms with Crippen LogP contribution in [0.5, 0.6) is 0 Å². The summed E-state index contributed by atoms with van der Waals surface area (Å²) in [5.41, 5.74) is -1.54. The fourth-order valence-electron chi connectivity index (χ4n) is 1.60. The fourth-order valence-corrected chi connectivity index (χ4v) is 1.60. The lowest BCUT2D eigenvalue weighted by atomic mass is 10.1. The van der Waals surface area contributed by atoms with Crippen molar-refractivity contribution < 1.29 is 9.90 Å². The summed E-state index contributed by atoms with van der Waals surface area (Å²) in [7, 11) is 0. The number of hydrogen-bond donors (Lipinski definition) is 3. The van der Waals surface area contributed by atoms with E-state index in [9.17, 15) is 19.5 Å². The molecule has 0 aliphatic heterocycles. The Labute approximate surface area is 123 Å². The largest absolute Gasteiger partial charge is 0.505 e. The number of benzene rings is 1. The Balaban J connectivity index is 2.46. The Morgan fingerprint density at radius 1 is 1.18 bits per heavy atom. The third kappa shape index (κ3) is 3.42. The molecule has 22 heavy (non-hydrogen) atoms. The Hall–Kier alpha value is -3.29. The van der Waals surface area contributed by atoms with Gasteiger partial charge >= 0.3 is 5.69 Å². The summed E-state index contributed by atoms with van der Waals surface area (Å²) in [6.45, 7) is 1.21. The van der Waals surface area contributed by atoms with Crippen LogP contribution < -0.4 is 11.2 Å². The second-order valence-electron chi connectivity index (χ2n) is 4.28. The highest BCUT2D eigenvalue weighted by molar-refractivity contribution is 5.99. The van der Waals surface area contributed by atoms with E-state index < -0.39 is 17.0 Å². The number of allylic oxidation sites excluding steroid dienone is 1. The van der Waals surface area contributed by atoms with Crippen molar-refractivity contribution in [2.24, 2.45) is 10.2 Å². The molecular weight excluding hydrogens is 288 g/mol. The van der Waals surface area contributed by atoms with Crippen LogP contribution >= 0.6 is 0 Å². The third-order valence-electron chi connectivity index (χ3n) is 2.66. The zero-order chi connectivity index (χ0) is 16.1. The summed E-state index contributed by atoms with van der Waals surface area (Å²) in [4.78, 5) is 38.2. The molecule has 1 aromatic heterocycles. The molecule has 0 aliphatic rings. The molecule has 0 amide bonds. The Kier molecular flexibility index (Phi) is 4.42. The average Bonchev–Trinajstić information content (AvgIpc) is 2.49. The molecule has 8 nitrogen and oxygen atoms in total. The van der Waals surface area contributed by atoms with E-state index in [2.05, 4.69) is 15.2 Å². The number of hydrogen-bond acceptors (Lipinski definition) is 6. The number of rotatable bonds is 4. The van der Waals surface area contributed by atoms with Crippen LogP contribution in [0.25, 0.3) is 5.76 Å². The molecule has 0 radical (unpaired) electrons. The molecule has 0 fully saturated rings. The van der Waals surface area contributed by atoms with Gasteiger partial charge in [0, 0.05) is 18.7 Å². The number of aliphatic hydroxyl groups is 1. The lowest BCUT2D eigenvalue weighted by Gasteiger charge is -2.02. The maximum absolute atomic E-state index is 11.6. The minimum Gasteiger partial charge on any atom is -0.505 e. The molecular formula is C14H12N4O4. The van der Waals surface area contributed by atoms with Gasteiger partial charge in [-0.05, 0) is 0 Å². The Morgan fingerprint density at radius 3 is 2.45 bits per heavy atom. The van der Waals surface area contributed by atoms with Gasteiger partial charge in [0.25, 0.3) is 5.56 Å². The first kappa shape index (κ1) is 15.1. The van der Waals surface area contributed by atoms with Crippen molar-refractivity contribution >= 4 is 17.2 Å². The molecule has 0 saturated carbocycles. The molecule has 0 bridgehead atoms. The Morgan fingerprint density at radius 2 is 1.86 bits per heavy atom. The first-order valence-corrected chi connectivity index (χ1v) is 6.22. The molecule has 1 aromatic carbocycles. The maximum Gasteiger partial charge on any atom is 0.325 e. The molecule has 1 heterocycles. The van der Waals surface area contributed by atoms with Crippen LogP contribution in [-0.2, 0) is 4.79 Å². The number of azo groups is 1. The van der Waals surface area contributed by atoms with E-state index in [1.165, 1.54) is 6.92 Å². The van der Waals surface area contributed by atoms with E-state index in [1.807, 2.05) is 4.98 Å². The van der Waals surface area contributed by atoms with Crippen molar-refractivity contribution in [3.05, 3.63) is 68.6 Å². The van der Waals surface area contributed by atoms with Crippen molar-refractivity contribution in [2.45, 2.75) is 6.92 Å². The monoisotopic (exact) mass is 300 g/mol. The van der Waals surface area contributed by atoms with Gasteiger partial charge in [-0.25, -0.2) is 4.79 Å². The number of ketones is 1. The first-order valence-electron chi connectivity index (χ1n) is 6.22. The SMILES string of the molecule is CC(=O)/C(N=Nc1c[nH]c(=O)[nH]c1=O)=C(\O)c1ccccc1. The van der Waals surface area contributed by atoms with Crippen molar-refractivity contribution in [3.63, 3.8) is 0 Å². The summed E-state index contributed by atoms with van der Waals surface area (Å²) in [6.07, 6.45) is 1.06. The molecule has 0 saturated heterocycles. The van der Waals surface area contributed by atoms with Gasteiger partial charge in [-0.1, -0.05) is 30.3 Å². The normalized spacial score (nSPS) is 12.2. The van der Waals surface area contributed by atoms with Gasteiger partial charge in [0.1, 0.15) is 0 Å². The quantitative estimate of drug-likeness (QED) is 0.450. The zero-order valence-corrected chi connectivity index (χ0v) is 11.5. The van der Waals surface area contributed by atoms with E-state index in [0.29, 0.717) is 5.56 Å². The number of H-pyrrole nitrogens is 2. The molecule has 2 aromatic rings. The van der Waals surface area contributed by atoms with Crippen LogP contribution in [0.3, 0.4) is 0 Å². The van der Waals surface area contributed by atoms with E-state index >= 15 is 0 Å². The lowest BCUT2D eigenvalue weighted by molar-refractivity contribution is -0.113. The van der Waals surface area contributed by atoms with Crippen LogP contribution in [0.15, 0.2) is 62.0 Å². The highest BCUT2D eigenvalue weighted by Crippen LogP contribution is 2.18. The molecule has 112 valence electrons. The highest BCUT2D eigenvalue weighted by atomic mass is 16.3. The number of nitrogens with zero attached hydrogens (tertiary/aromatic N) is 2. The van der Waals surface area contributed by atoms with E-state index in [-0.39, 0.29) is 17.1 Å². The van der Waals surface area contributed by atoms with E-state index in [1.54, 1.807) is 30.3 Å². The number of aromatic nitrogens is 2. The second-order valence-corrected chi connectivity index (χ2v) is 4.28. The number of carbonyl (C=O) groups excluding carboxylic acids is 1. The summed E-state index contributed by atoms with van der Waals surface area (Å²) < 4.78 is 0. The highest BCUT2D eigenvalue weighted by Gasteiger charge is 2.12. The van der Waals surface area contributed by atoms with Gasteiger partial charge in [-0.15, -0.1) is 10.2 Å². The summed E-state index contributed by atoms with van der Waals surface area (Å²) in [5.74, 6) is -0.872. The summed E-state index contributed by atoms with van der Waals surface area (Å²) >= 11 is 0. The van der Waals surface area contributed by atoms with Gasteiger partial charge in [-0.2, -0.15) is 0 Å². The molecule has 0 spiro atoms. The second kappa shape index (κ2) is 6.44. The summed E-state index contributed by atoms with van der Waals surface area (Å²) in [5, 5.41) is 17.3. The topological polar surface area (TPSA) is 128 Å². The van der Waals surface area contributed by atoms with Gasteiger partial charge in [0.05, 0.1) is 0 Å². The number of Topliss-reactive ketones (excluding diaryl/α,β-unsaturated/α-hetero) is 1. The van der Waals surface area contributed by atoms with E-state index in [4.69, 9.17) is 0 Å². The molecule has 8 heteroatoms. The average molecular weight is 300 g/mol. The standard InChI is InChI=1S/C14H12N4O4/c1-8(19)11(12(20)9-5-3-2-4-6-9)18-17-10-7-15-14(22)16-13(10)21/h2-7,20H,1H3,(H2,15,16,21,22)/b12-11+,18-17?. The lowest BCUT2D eigenvalue weighted by Crippen LogP contribution is -2.20. The van der Waals surface area contributed by atoms with Gasteiger partial charge < -0.3 is 10.1 Å². The fraction of sp³-hybridized carbons (Fsp3) is 0.0714. The minimum absolute atomic E-state index is 0.195. The summed E-state index contributed by atoms with van der Waals surface area (Å²) in [6, 6.07) is 8.33. The number of nitrogens with one attached hydrogen (secondary N) is 2. The number of carbonyl (C=O) groups is 1. The van der Waals surface area contributed by atoms with Gasteiger partial charge in [-0.3, -0.25) is 14.6 Å². The predicted octanol–water partition coefficient (Wildman–Crippen LogP) is 1.66. The first-order chi connectivity index (χ1) is 10.5. The van der Waals surface area contributed by atoms with Gasteiger partial charge in [0.15, 0.2) is 22.9 Å². The van der Waals surface area contributed by atoms with Crippen molar-refractivity contribution in [3.8, 4) is 0 Å². The molecule has 0 aliphatic carbocycles. The van der Waals surface area contributed by atoms with E-state index in [0.717, 1.165) is 6.20 Å². The third-order valence-corrected chi connectivity index (χ3v) is 2.66. The number of aliphatic hydroxyl groups excluding tert-OH is 1. The molecule has 0 atom stereocenters. The smallest absolute Gasteiger partial charge is 0.325 e. The van der Waals surface area contributed by atoms with Crippen LogP contribution in [0, 0.1) is 0 Å². The van der Waals surface area contributed by atoms with Crippen molar-refractivity contribution in [1.29, 1.82) is 0 Å². The molecule has 2 rings (SSSR count). The number of aromatic amines is 2. The zero-order valence-electron chi connectivity index (χ0n) is 11.5. The van der Waals surface area contributed by atoms with Gasteiger partial charge in [0.2, 0.25) is 0 Å². The van der Waals surface area contributed by atoms with Crippen molar-refractivity contribution in [2.75, 3.05) is 0 Å².